The number of benzene rings is 1. The van der Waals surface area contributed by atoms with Crippen molar-refractivity contribution in [3.63, 3.8) is 0 Å². The molecule has 2 amide bonds. The first-order valence-corrected chi connectivity index (χ1v) is 9.70. The first kappa shape index (κ1) is 21.1. The van der Waals surface area contributed by atoms with Crippen molar-refractivity contribution in [3.8, 4) is 17.2 Å². The second-order valence-corrected chi connectivity index (χ2v) is 6.55. The Hall–Kier alpha value is -3.59. The molecule has 0 saturated heterocycles. The molecule has 5 N–H and O–H groups in total. The highest BCUT2D eigenvalue weighted by atomic mass is 16.5. The van der Waals surface area contributed by atoms with Gasteiger partial charge in [0.15, 0.2) is 11.5 Å². The molecule has 0 bridgehead atoms. The normalized spacial score (nSPS) is 10.6. The Morgan fingerprint density at radius 1 is 1.27 bits per heavy atom. The number of nitrogens with one attached hydrogen (secondary N) is 3. The number of aromatic amines is 1. The lowest BCUT2D eigenvalue weighted by molar-refractivity contribution is 0.0948. The van der Waals surface area contributed by atoms with Crippen LogP contribution >= 0.6 is 0 Å². The zero-order chi connectivity index (χ0) is 21.5. The fourth-order valence-corrected chi connectivity index (χ4v) is 2.94. The van der Waals surface area contributed by atoms with Crippen LogP contribution in [0.1, 0.15) is 39.8 Å². The summed E-state index contributed by atoms with van der Waals surface area (Å²) in [5.41, 5.74) is 7.80. The van der Waals surface area contributed by atoms with Gasteiger partial charge in [-0.1, -0.05) is 0 Å². The second-order valence-electron chi connectivity index (χ2n) is 6.55. The van der Waals surface area contributed by atoms with Crippen molar-refractivity contribution in [1.82, 2.24) is 15.5 Å². The van der Waals surface area contributed by atoms with E-state index in [1.54, 1.807) is 43.5 Å². The number of rotatable bonds is 9. The van der Waals surface area contributed by atoms with E-state index >= 15 is 0 Å². The van der Waals surface area contributed by atoms with Gasteiger partial charge < -0.3 is 25.5 Å². The number of ether oxygens (including phenoxy) is 1. The molecule has 0 aliphatic heterocycles. The van der Waals surface area contributed by atoms with Crippen LogP contribution in [0.5, 0.6) is 5.75 Å². The fourth-order valence-electron chi connectivity index (χ4n) is 2.94. The summed E-state index contributed by atoms with van der Waals surface area (Å²) in [6.07, 6.45) is 2.22. The van der Waals surface area contributed by atoms with E-state index in [2.05, 4.69) is 20.8 Å². The number of anilines is 1. The van der Waals surface area contributed by atoms with E-state index in [0.717, 1.165) is 0 Å². The highest BCUT2D eigenvalue weighted by molar-refractivity contribution is 6.06. The SMILES string of the molecule is CCOc1ccc(NC(=O)c2n[nH]c(-c3ccco3)c2C)cc1C(=O)NCCCN. The Kier molecular flexibility index (Phi) is 6.87. The quantitative estimate of drug-likeness (QED) is 0.400. The minimum Gasteiger partial charge on any atom is -0.493 e. The Morgan fingerprint density at radius 3 is 2.80 bits per heavy atom. The number of carbonyl (C=O) groups excluding carboxylic acids is 2. The van der Waals surface area contributed by atoms with Crippen LogP contribution in [0, 0.1) is 6.92 Å². The van der Waals surface area contributed by atoms with E-state index in [1.165, 1.54) is 0 Å². The zero-order valence-electron chi connectivity index (χ0n) is 17.0. The number of nitrogens with zero attached hydrogens (tertiary/aromatic N) is 1. The molecule has 2 aromatic heterocycles. The summed E-state index contributed by atoms with van der Waals surface area (Å²) in [4.78, 5) is 25.3. The number of aromatic nitrogens is 2. The fraction of sp³-hybridized carbons (Fsp3) is 0.286. The number of furan rings is 1. The molecule has 3 aromatic rings. The molecular weight excluding hydrogens is 386 g/mol. The minimum atomic E-state index is -0.403. The van der Waals surface area contributed by atoms with Crippen molar-refractivity contribution in [2.24, 2.45) is 5.73 Å². The minimum absolute atomic E-state index is 0.240. The number of amides is 2. The summed E-state index contributed by atoms with van der Waals surface area (Å²) >= 11 is 0. The molecule has 158 valence electrons. The van der Waals surface area contributed by atoms with Gasteiger partial charge in [0, 0.05) is 17.8 Å². The van der Waals surface area contributed by atoms with Gasteiger partial charge in [0.1, 0.15) is 11.4 Å². The van der Waals surface area contributed by atoms with Crippen LogP contribution in [0.3, 0.4) is 0 Å². The van der Waals surface area contributed by atoms with Crippen LogP contribution in [0.2, 0.25) is 0 Å². The van der Waals surface area contributed by atoms with E-state index in [9.17, 15) is 9.59 Å². The molecule has 0 fully saturated rings. The first-order chi connectivity index (χ1) is 14.5. The van der Waals surface area contributed by atoms with Crippen LogP contribution in [0.25, 0.3) is 11.5 Å². The summed E-state index contributed by atoms with van der Waals surface area (Å²) in [5, 5.41) is 12.5. The van der Waals surface area contributed by atoms with Gasteiger partial charge in [-0.05, 0) is 57.1 Å². The van der Waals surface area contributed by atoms with E-state index in [0.29, 0.717) is 60.1 Å². The van der Waals surface area contributed by atoms with Gasteiger partial charge in [-0.2, -0.15) is 5.10 Å². The van der Waals surface area contributed by atoms with Gasteiger partial charge in [0.05, 0.1) is 18.4 Å². The number of hydrogen-bond acceptors (Lipinski definition) is 6. The lowest BCUT2D eigenvalue weighted by Crippen LogP contribution is -2.26. The molecule has 1 aromatic carbocycles. The summed E-state index contributed by atoms with van der Waals surface area (Å²) in [6, 6.07) is 8.45. The second kappa shape index (κ2) is 9.75. The summed E-state index contributed by atoms with van der Waals surface area (Å²) in [6.45, 7) is 4.97. The largest absolute Gasteiger partial charge is 0.493 e. The van der Waals surface area contributed by atoms with Crippen molar-refractivity contribution >= 4 is 17.5 Å². The van der Waals surface area contributed by atoms with Crippen LogP contribution in [0.15, 0.2) is 41.0 Å². The highest BCUT2D eigenvalue weighted by Gasteiger charge is 2.20. The molecule has 0 aliphatic carbocycles. The predicted octanol–water partition coefficient (Wildman–Crippen LogP) is 2.71. The topological polar surface area (TPSA) is 135 Å². The number of hydrogen-bond donors (Lipinski definition) is 4. The molecule has 0 aliphatic rings. The molecule has 0 saturated carbocycles. The molecule has 0 spiro atoms. The predicted molar refractivity (Wildman–Crippen MR) is 113 cm³/mol. The average Bonchev–Trinajstić information content (AvgIpc) is 3.39. The monoisotopic (exact) mass is 411 g/mol. The molecule has 2 heterocycles. The van der Waals surface area contributed by atoms with Crippen LogP contribution in [0.4, 0.5) is 5.69 Å². The number of carbonyl (C=O) groups is 2. The smallest absolute Gasteiger partial charge is 0.276 e. The molecule has 9 heteroatoms. The van der Waals surface area contributed by atoms with Gasteiger partial charge in [-0.15, -0.1) is 0 Å². The lowest BCUT2D eigenvalue weighted by atomic mass is 10.1. The zero-order valence-corrected chi connectivity index (χ0v) is 17.0. The maximum atomic E-state index is 12.8. The molecule has 0 radical (unpaired) electrons. The maximum absolute atomic E-state index is 12.8. The van der Waals surface area contributed by atoms with Gasteiger partial charge >= 0.3 is 0 Å². The third kappa shape index (κ3) is 4.69. The Balaban J connectivity index is 1.80. The Morgan fingerprint density at radius 2 is 2.10 bits per heavy atom. The molecule has 0 unspecified atom stereocenters. The van der Waals surface area contributed by atoms with E-state index in [-0.39, 0.29) is 11.6 Å². The van der Waals surface area contributed by atoms with Gasteiger partial charge in [-0.3, -0.25) is 14.7 Å². The molecule has 30 heavy (non-hydrogen) atoms. The molecular formula is C21H25N5O4. The van der Waals surface area contributed by atoms with Crippen LogP contribution in [-0.4, -0.2) is 41.7 Å². The van der Waals surface area contributed by atoms with Crippen LogP contribution in [-0.2, 0) is 0 Å². The number of H-pyrrole nitrogens is 1. The third-order valence-corrected chi connectivity index (χ3v) is 4.44. The van der Waals surface area contributed by atoms with Crippen molar-refractivity contribution < 1.29 is 18.7 Å². The highest BCUT2D eigenvalue weighted by Crippen LogP contribution is 2.26. The van der Waals surface area contributed by atoms with Crippen molar-refractivity contribution in [2.75, 3.05) is 25.0 Å². The van der Waals surface area contributed by atoms with Crippen LogP contribution < -0.4 is 21.1 Å². The summed E-state index contributed by atoms with van der Waals surface area (Å²) < 4.78 is 10.9. The third-order valence-electron chi connectivity index (χ3n) is 4.44. The maximum Gasteiger partial charge on any atom is 0.276 e. The van der Waals surface area contributed by atoms with Gasteiger partial charge in [-0.25, -0.2) is 0 Å². The Labute approximate surface area is 174 Å². The number of nitrogens with two attached hydrogens (primary N) is 1. The van der Waals surface area contributed by atoms with Crippen molar-refractivity contribution in [1.29, 1.82) is 0 Å². The summed E-state index contributed by atoms with van der Waals surface area (Å²) in [5.74, 6) is 0.340. The summed E-state index contributed by atoms with van der Waals surface area (Å²) in [7, 11) is 0. The standard InChI is InChI=1S/C21H25N5O4/c1-3-29-16-8-7-14(12-15(16)20(27)23-10-5-9-22)24-21(28)19-13(2)18(25-26-19)17-6-4-11-30-17/h4,6-8,11-12H,3,5,9-10,22H2,1-2H3,(H,23,27)(H,24,28)(H,25,26). The van der Waals surface area contributed by atoms with Gasteiger partial charge in [0.25, 0.3) is 11.8 Å². The van der Waals surface area contributed by atoms with E-state index < -0.39 is 5.91 Å². The van der Waals surface area contributed by atoms with E-state index in [1.807, 2.05) is 6.92 Å². The molecule has 3 rings (SSSR count). The molecule has 0 atom stereocenters. The van der Waals surface area contributed by atoms with Crippen molar-refractivity contribution in [2.45, 2.75) is 20.3 Å². The average molecular weight is 411 g/mol. The van der Waals surface area contributed by atoms with E-state index in [4.69, 9.17) is 14.9 Å². The van der Waals surface area contributed by atoms with Crippen molar-refractivity contribution in [3.05, 3.63) is 53.4 Å². The first-order valence-electron chi connectivity index (χ1n) is 9.70. The Bertz CT molecular complexity index is 1010. The molecule has 9 nitrogen and oxygen atoms in total. The van der Waals surface area contributed by atoms with Gasteiger partial charge in [0.2, 0.25) is 0 Å². The lowest BCUT2D eigenvalue weighted by Gasteiger charge is -2.13.